The van der Waals surface area contributed by atoms with E-state index in [1.165, 1.54) is 12.8 Å². The van der Waals surface area contributed by atoms with Gasteiger partial charge in [0.25, 0.3) is 0 Å². The molecule has 0 fully saturated rings. The lowest BCUT2D eigenvalue weighted by molar-refractivity contribution is 0.305. The van der Waals surface area contributed by atoms with Crippen molar-refractivity contribution in [3.05, 3.63) is 11.3 Å². The van der Waals surface area contributed by atoms with Crippen LogP contribution in [-0.4, -0.2) is 29.9 Å². The number of rotatable bonds is 3. The molecule has 0 aliphatic carbocycles. The molecule has 0 saturated heterocycles. The molecule has 1 aliphatic rings. The van der Waals surface area contributed by atoms with Crippen molar-refractivity contribution in [1.82, 2.24) is 10.2 Å². The fraction of sp³-hybridized carbons (Fsp3) is 0.600. The van der Waals surface area contributed by atoms with Crippen LogP contribution in [0.1, 0.15) is 19.8 Å². The number of anilines is 1. The molecular formula is C10H14ClN3O. The second-order valence-corrected chi connectivity index (χ2v) is 3.90. The van der Waals surface area contributed by atoms with Crippen LogP contribution >= 0.6 is 11.6 Å². The molecule has 0 spiro atoms. The van der Waals surface area contributed by atoms with Gasteiger partial charge in [0, 0.05) is 6.54 Å². The third-order valence-electron chi connectivity index (χ3n) is 2.48. The minimum Gasteiger partial charge on any atom is -0.486 e. The number of hydrogen-bond donors (Lipinski definition) is 0. The van der Waals surface area contributed by atoms with Gasteiger partial charge in [0.2, 0.25) is 0 Å². The summed E-state index contributed by atoms with van der Waals surface area (Å²) in [5, 5.41) is 7.98. The van der Waals surface area contributed by atoms with E-state index in [0.717, 1.165) is 18.8 Å². The largest absolute Gasteiger partial charge is 0.486 e. The first-order valence-corrected chi connectivity index (χ1v) is 5.59. The standard InChI is InChI=1S/C10H14ClN3O/c1-2-3-4-14-5-6-15-9-8(14)7-12-13-10(9)11/h7H,2-6H2,1H3. The van der Waals surface area contributed by atoms with Crippen LogP contribution in [0.15, 0.2) is 6.20 Å². The van der Waals surface area contributed by atoms with E-state index < -0.39 is 0 Å². The van der Waals surface area contributed by atoms with Gasteiger partial charge in [-0.3, -0.25) is 0 Å². The maximum Gasteiger partial charge on any atom is 0.195 e. The van der Waals surface area contributed by atoms with E-state index in [0.29, 0.717) is 17.5 Å². The van der Waals surface area contributed by atoms with Gasteiger partial charge in [-0.05, 0) is 6.42 Å². The van der Waals surface area contributed by atoms with Crippen molar-refractivity contribution in [3.63, 3.8) is 0 Å². The van der Waals surface area contributed by atoms with E-state index in [1.54, 1.807) is 6.20 Å². The highest BCUT2D eigenvalue weighted by Gasteiger charge is 2.21. The summed E-state index contributed by atoms with van der Waals surface area (Å²) >= 11 is 5.92. The fourth-order valence-electron chi connectivity index (χ4n) is 1.66. The molecule has 0 saturated carbocycles. The second-order valence-electron chi connectivity index (χ2n) is 3.54. The number of aromatic nitrogens is 2. The van der Waals surface area contributed by atoms with E-state index in [-0.39, 0.29) is 0 Å². The molecule has 5 heteroatoms. The molecule has 0 unspecified atom stereocenters. The first kappa shape index (κ1) is 10.5. The number of fused-ring (bicyclic) bond motifs is 1. The van der Waals surface area contributed by atoms with Crippen LogP contribution in [0, 0.1) is 0 Å². The molecule has 2 heterocycles. The smallest absolute Gasteiger partial charge is 0.195 e. The third-order valence-corrected chi connectivity index (χ3v) is 2.72. The monoisotopic (exact) mass is 227 g/mol. The lowest BCUT2D eigenvalue weighted by atomic mass is 10.2. The summed E-state index contributed by atoms with van der Waals surface area (Å²) in [7, 11) is 0. The van der Waals surface area contributed by atoms with Gasteiger partial charge in [0.1, 0.15) is 12.3 Å². The van der Waals surface area contributed by atoms with Crippen molar-refractivity contribution in [2.24, 2.45) is 0 Å². The SMILES string of the molecule is CCCCN1CCOc2c1cnnc2Cl. The van der Waals surface area contributed by atoms with Crippen LogP contribution in [0.2, 0.25) is 5.15 Å². The number of hydrogen-bond acceptors (Lipinski definition) is 4. The highest BCUT2D eigenvalue weighted by molar-refractivity contribution is 6.31. The van der Waals surface area contributed by atoms with E-state index in [4.69, 9.17) is 16.3 Å². The Bertz CT molecular complexity index is 345. The average Bonchev–Trinajstić information content (AvgIpc) is 2.27. The summed E-state index contributed by atoms with van der Waals surface area (Å²) in [6, 6.07) is 0. The van der Waals surface area contributed by atoms with Gasteiger partial charge in [0.15, 0.2) is 10.9 Å². The zero-order chi connectivity index (χ0) is 10.7. The molecular weight excluding hydrogens is 214 g/mol. The van der Waals surface area contributed by atoms with E-state index in [2.05, 4.69) is 22.0 Å². The second kappa shape index (κ2) is 4.66. The Morgan fingerprint density at radius 2 is 2.47 bits per heavy atom. The first-order chi connectivity index (χ1) is 7.33. The maximum absolute atomic E-state index is 5.92. The molecule has 0 atom stereocenters. The summed E-state index contributed by atoms with van der Waals surface area (Å²) < 4.78 is 5.49. The Hall–Kier alpha value is -1.03. The summed E-state index contributed by atoms with van der Waals surface area (Å²) in [6.07, 6.45) is 4.06. The molecule has 0 bridgehead atoms. The van der Waals surface area contributed by atoms with Gasteiger partial charge in [-0.2, -0.15) is 5.10 Å². The van der Waals surface area contributed by atoms with Gasteiger partial charge in [-0.15, -0.1) is 5.10 Å². The summed E-state index contributed by atoms with van der Waals surface area (Å²) in [4.78, 5) is 2.25. The molecule has 0 amide bonds. The predicted octanol–water partition coefficient (Wildman–Crippen LogP) is 2.13. The van der Waals surface area contributed by atoms with Crippen molar-refractivity contribution in [2.45, 2.75) is 19.8 Å². The van der Waals surface area contributed by atoms with Crippen LogP contribution in [0.25, 0.3) is 0 Å². The Labute approximate surface area is 94.2 Å². The first-order valence-electron chi connectivity index (χ1n) is 5.22. The van der Waals surface area contributed by atoms with Crippen molar-refractivity contribution in [2.75, 3.05) is 24.6 Å². The lowest BCUT2D eigenvalue weighted by Crippen LogP contribution is -2.33. The Morgan fingerprint density at radius 1 is 1.60 bits per heavy atom. The Morgan fingerprint density at radius 3 is 3.27 bits per heavy atom. The van der Waals surface area contributed by atoms with Crippen molar-refractivity contribution in [1.29, 1.82) is 0 Å². The van der Waals surface area contributed by atoms with Crippen LogP contribution < -0.4 is 9.64 Å². The molecule has 1 aliphatic heterocycles. The highest BCUT2D eigenvalue weighted by atomic mass is 35.5. The molecule has 0 radical (unpaired) electrons. The molecule has 0 aromatic carbocycles. The van der Waals surface area contributed by atoms with Crippen LogP contribution in [0.5, 0.6) is 5.75 Å². The number of ether oxygens (including phenoxy) is 1. The molecule has 15 heavy (non-hydrogen) atoms. The molecule has 82 valence electrons. The lowest BCUT2D eigenvalue weighted by Gasteiger charge is -2.30. The van der Waals surface area contributed by atoms with Crippen molar-refractivity contribution < 1.29 is 4.74 Å². The summed E-state index contributed by atoms with van der Waals surface area (Å²) in [5.41, 5.74) is 0.967. The zero-order valence-corrected chi connectivity index (χ0v) is 9.50. The predicted molar refractivity (Wildman–Crippen MR) is 59.7 cm³/mol. The zero-order valence-electron chi connectivity index (χ0n) is 8.74. The molecule has 0 N–H and O–H groups in total. The van der Waals surface area contributed by atoms with Crippen LogP contribution in [0.4, 0.5) is 5.69 Å². The van der Waals surface area contributed by atoms with Gasteiger partial charge in [-0.1, -0.05) is 24.9 Å². The van der Waals surface area contributed by atoms with Crippen LogP contribution in [-0.2, 0) is 0 Å². The van der Waals surface area contributed by atoms with E-state index in [9.17, 15) is 0 Å². The summed E-state index contributed by atoms with van der Waals surface area (Å²) in [6.45, 7) is 4.77. The Kier molecular flexibility index (Phi) is 3.26. The van der Waals surface area contributed by atoms with Gasteiger partial charge in [0.05, 0.1) is 12.7 Å². The quantitative estimate of drug-likeness (QED) is 0.793. The van der Waals surface area contributed by atoms with Crippen LogP contribution in [0.3, 0.4) is 0 Å². The third kappa shape index (κ3) is 2.15. The van der Waals surface area contributed by atoms with Gasteiger partial charge < -0.3 is 9.64 Å². The molecule has 4 nitrogen and oxygen atoms in total. The van der Waals surface area contributed by atoms with Gasteiger partial charge >= 0.3 is 0 Å². The maximum atomic E-state index is 5.92. The minimum atomic E-state index is 0.355. The Balaban J connectivity index is 2.22. The van der Waals surface area contributed by atoms with E-state index in [1.807, 2.05) is 0 Å². The molecule has 2 rings (SSSR count). The number of halogens is 1. The fourth-order valence-corrected chi connectivity index (χ4v) is 1.86. The highest BCUT2D eigenvalue weighted by Crippen LogP contribution is 2.35. The molecule has 1 aromatic heterocycles. The summed E-state index contributed by atoms with van der Waals surface area (Å²) in [5.74, 6) is 0.675. The average molecular weight is 228 g/mol. The van der Waals surface area contributed by atoms with Crippen molar-refractivity contribution in [3.8, 4) is 5.75 Å². The molecule has 1 aromatic rings. The number of nitrogens with zero attached hydrogens (tertiary/aromatic N) is 3. The minimum absolute atomic E-state index is 0.355. The van der Waals surface area contributed by atoms with E-state index >= 15 is 0 Å². The number of unbranched alkanes of at least 4 members (excludes halogenated alkanes) is 1. The van der Waals surface area contributed by atoms with Crippen molar-refractivity contribution >= 4 is 17.3 Å². The normalized spacial score (nSPS) is 14.7. The van der Waals surface area contributed by atoms with Gasteiger partial charge in [-0.25, -0.2) is 0 Å². The topological polar surface area (TPSA) is 38.2 Å².